The zero-order valence-electron chi connectivity index (χ0n) is 19.7. The van der Waals surface area contributed by atoms with Gasteiger partial charge in [0.05, 0.1) is 0 Å². The van der Waals surface area contributed by atoms with Crippen molar-refractivity contribution in [2.45, 2.75) is 104 Å². The lowest BCUT2D eigenvalue weighted by molar-refractivity contribution is 0.224. The average molecular weight is 461 g/mol. The number of unbranched alkanes of at least 4 members (excludes halogenated alkanes) is 10. The van der Waals surface area contributed by atoms with Crippen LogP contribution in [-0.4, -0.2) is 23.7 Å². The summed E-state index contributed by atoms with van der Waals surface area (Å²) in [6.45, 7) is 10.7. The highest BCUT2D eigenvalue weighted by atomic mass is 28.5. The summed E-state index contributed by atoms with van der Waals surface area (Å²) in [5, 5.41) is 0. The maximum absolute atomic E-state index is 13.4. The van der Waals surface area contributed by atoms with Gasteiger partial charge in [0.25, 0.3) is 0 Å². The maximum Gasteiger partial charge on any atom is 0.383 e. The van der Waals surface area contributed by atoms with Crippen LogP contribution >= 0.6 is 0 Å². The average Bonchev–Trinajstić information content (AvgIpc) is 2.60. The fraction of sp³-hybridized carbons (Fsp3) is 0.739. The molecule has 7 heteroatoms. The molecule has 0 N–H and O–H groups in total. The van der Waals surface area contributed by atoms with Gasteiger partial charge in [0, 0.05) is 24.8 Å². The van der Waals surface area contributed by atoms with Gasteiger partial charge in [0.2, 0.25) is 0 Å². The van der Waals surface area contributed by atoms with Crippen LogP contribution in [0.5, 0.6) is 5.75 Å². The Morgan fingerprint density at radius 3 is 1.63 bits per heavy atom. The normalized spacial score (nSPS) is 12.4. The number of hydrogen-bond donors (Lipinski definition) is 0. The quantitative estimate of drug-likeness (QED) is 0.174. The van der Waals surface area contributed by atoms with Crippen molar-refractivity contribution in [2.75, 3.05) is 6.61 Å². The highest BCUT2D eigenvalue weighted by molar-refractivity contribution is 6.79. The van der Waals surface area contributed by atoms with Gasteiger partial charge in [-0.05, 0) is 32.6 Å². The van der Waals surface area contributed by atoms with Crippen molar-refractivity contribution in [3.63, 3.8) is 0 Å². The molecule has 0 radical (unpaired) electrons. The maximum atomic E-state index is 13.4. The van der Waals surface area contributed by atoms with Gasteiger partial charge in [-0.2, -0.15) is 0 Å². The first-order chi connectivity index (χ1) is 14.1. The summed E-state index contributed by atoms with van der Waals surface area (Å²) in [5.41, 5.74) is 0. The fourth-order valence-electron chi connectivity index (χ4n) is 3.60. The fourth-order valence-corrected chi connectivity index (χ4v) is 10.1. The molecule has 0 unspecified atom stereocenters. The third-order valence-corrected chi connectivity index (χ3v) is 10.4. The number of benzene rings is 1. The minimum absolute atomic E-state index is 0.166. The Labute approximate surface area is 185 Å². The van der Waals surface area contributed by atoms with E-state index in [4.69, 9.17) is 13.0 Å². The van der Waals surface area contributed by atoms with Crippen molar-refractivity contribution in [2.24, 2.45) is 0 Å². The van der Waals surface area contributed by atoms with Gasteiger partial charge in [-0.25, -0.2) is 8.78 Å². The first kappa shape index (κ1) is 27.3. The van der Waals surface area contributed by atoms with Crippen LogP contribution in [0.2, 0.25) is 26.2 Å². The molecule has 1 aromatic carbocycles. The smallest absolute Gasteiger partial charge is 0.383 e. The first-order valence-electron chi connectivity index (χ1n) is 11.6. The van der Waals surface area contributed by atoms with E-state index < -0.39 is 28.8 Å². The molecule has 1 rings (SSSR count). The second-order valence-electron chi connectivity index (χ2n) is 8.99. The van der Waals surface area contributed by atoms with Crippen molar-refractivity contribution in [1.82, 2.24) is 0 Å². The van der Waals surface area contributed by atoms with Crippen LogP contribution in [0, 0.1) is 11.6 Å². The van der Waals surface area contributed by atoms with Gasteiger partial charge in [0.1, 0.15) is 17.4 Å². The topological polar surface area (TPSA) is 27.7 Å². The molecule has 1 aromatic rings. The van der Waals surface area contributed by atoms with E-state index in [2.05, 4.69) is 6.92 Å². The van der Waals surface area contributed by atoms with Crippen LogP contribution in [0.15, 0.2) is 18.2 Å². The van der Waals surface area contributed by atoms with Crippen molar-refractivity contribution in [3.05, 3.63) is 29.8 Å². The molecule has 0 aromatic heterocycles. The van der Waals surface area contributed by atoms with E-state index in [1.54, 1.807) is 0 Å². The Bertz CT molecular complexity index is 578. The Hall–Kier alpha value is -0.766. The van der Waals surface area contributed by atoms with Gasteiger partial charge < -0.3 is 13.0 Å². The monoisotopic (exact) mass is 460 g/mol. The third-order valence-electron chi connectivity index (χ3n) is 4.89. The predicted octanol–water partition coefficient (Wildman–Crippen LogP) is 8.09. The van der Waals surface area contributed by atoms with Gasteiger partial charge in [-0.15, -0.1) is 0 Å². The molecule has 0 atom stereocenters. The van der Waals surface area contributed by atoms with E-state index in [0.717, 1.165) is 12.5 Å². The molecule has 0 saturated heterocycles. The number of hydrogen-bond acceptors (Lipinski definition) is 3. The van der Waals surface area contributed by atoms with Crippen LogP contribution in [0.4, 0.5) is 8.78 Å². The SMILES string of the molecule is CCCCCCCCCCCCCO[Si](C)(C)O[Si](C)(C)Oc1cc(F)cc(F)c1. The van der Waals surface area contributed by atoms with Crippen LogP contribution in [-0.2, 0) is 8.54 Å². The lowest BCUT2D eigenvalue weighted by atomic mass is 10.1. The Kier molecular flexibility index (Phi) is 13.0. The summed E-state index contributed by atoms with van der Waals surface area (Å²) in [7, 11) is -4.99. The minimum atomic E-state index is -2.62. The molecule has 0 bridgehead atoms. The van der Waals surface area contributed by atoms with Crippen LogP contribution in [0.1, 0.15) is 77.6 Å². The molecule has 0 spiro atoms. The predicted molar refractivity (Wildman–Crippen MR) is 125 cm³/mol. The molecule has 0 aliphatic carbocycles. The molecular formula is C23H42F2O3Si2. The zero-order valence-corrected chi connectivity index (χ0v) is 21.7. The standard InChI is InChI=1S/C23H42F2O3Si2/c1-6-7-8-9-10-11-12-13-14-15-16-17-26-29(2,3)28-30(4,5)27-23-19-21(24)18-22(25)20-23/h18-20H,6-17H2,1-5H3. The number of halogens is 2. The number of rotatable bonds is 17. The summed E-state index contributed by atoms with van der Waals surface area (Å²) in [6.07, 6.45) is 14.3. The zero-order chi connectivity index (χ0) is 22.5. The Morgan fingerprint density at radius 2 is 1.13 bits per heavy atom. The minimum Gasteiger partial charge on any atom is -0.521 e. The molecule has 0 amide bonds. The second kappa shape index (κ2) is 14.3. The van der Waals surface area contributed by atoms with E-state index >= 15 is 0 Å². The summed E-state index contributed by atoms with van der Waals surface area (Å²) < 4.78 is 44.8. The van der Waals surface area contributed by atoms with Crippen LogP contribution in [0.3, 0.4) is 0 Å². The molecule has 0 saturated carbocycles. The molecule has 0 fully saturated rings. The van der Waals surface area contributed by atoms with E-state index in [1.165, 1.54) is 76.3 Å². The molecule has 30 heavy (non-hydrogen) atoms. The molecule has 0 aliphatic rings. The lowest BCUT2D eigenvalue weighted by Crippen LogP contribution is -2.50. The van der Waals surface area contributed by atoms with E-state index in [1.807, 2.05) is 26.2 Å². The van der Waals surface area contributed by atoms with E-state index in [-0.39, 0.29) is 5.75 Å². The largest absolute Gasteiger partial charge is 0.521 e. The van der Waals surface area contributed by atoms with Gasteiger partial charge in [-0.1, -0.05) is 71.1 Å². The van der Waals surface area contributed by atoms with Gasteiger partial charge >= 0.3 is 17.1 Å². The Balaban J connectivity index is 2.17. The highest BCUT2D eigenvalue weighted by Crippen LogP contribution is 2.23. The summed E-state index contributed by atoms with van der Waals surface area (Å²) in [6, 6.07) is 3.20. The third kappa shape index (κ3) is 13.5. The van der Waals surface area contributed by atoms with Crippen LogP contribution < -0.4 is 4.43 Å². The van der Waals surface area contributed by atoms with Crippen molar-refractivity contribution >= 4 is 17.1 Å². The summed E-state index contributed by atoms with van der Waals surface area (Å²) in [5.74, 6) is -1.14. The second-order valence-corrected chi connectivity index (χ2v) is 15.9. The molecule has 0 aliphatic heterocycles. The van der Waals surface area contributed by atoms with Gasteiger partial charge in [0.15, 0.2) is 0 Å². The van der Waals surface area contributed by atoms with Crippen molar-refractivity contribution < 1.29 is 21.7 Å². The molecular weight excluding hydrogens is 418 g/mol. The highest BCUT2D eigenvalue weighted by Gasteiger charge is 2.37. The van der Waals surface area contributed by atoms with Crippen molar-refractivity contribution in [3.8, 4) is 5.75 Å². The molecule has 3 nitrogen and oxygen atoms in total. The van der Waals surface area contributed by atoms with E-state index in [0.29, 0.717) is 6.61 Å². The summed E-state index contributed by atoms with van der Waals surface area (Å²) >= 11 is 0. The first-order valence-corrected chi connectivity index (χ1v) is 17.3. The van der Waals surface area contributed by atoms with Crippen LogP contribution in [0.25, 0.3) is 0 Å². The van der Waals surface area contributed by atoms with Crippen molar-refractivity contribution in [1.29, 1.82) is 0 Å². The van der Waals surface area contributed by atoms with Gasteiger partial charge in [-0.3, -0.25) is 0 Å². The molecule has 0 heterocycles. The summed E-state index contributed by atoms with van der Waals surface area (Å²) in [4.78, 5) is 0. The molecule has 174 valence electrons. The Morgan fingerprint density at radius 1 is 0.667 bits per heavy atom. The van der Waals surface area contributed by atoms with E-state index in [9.17, 15) is 8.78 Å². The lowest BCUT2D eigenvalue weighted by Gasteiger charge is -2.32.